The van der Waals surface area contributed by atoms with Gasteiger partial charge in [-0.05, 0) is 48.6 Å². The molecule has 2 aromatic heterocycles. The zero-order valence-corrected chi connectivity index (χ0v) is 19.7. The molecule has 0 spiro atoms. The van der Waals surface area contributed by atoms with Gasteiger partial charge in [-0.25, -0.2) is 4.98 Å². The van der Waals surface area contributed by atoms with Gasteiger partial charge in [-0.2, -0.15) is 0 Å². The molecule has 0 N–H and O–H groups in total. The van der Waals surface area contributed by atoms with Crippen LogP contribution in [-0.4, -0.2) is 29.5 Å². The second kappa shape index (κ2) is 9.66. The maximum atomic E-state index is 11.7. The molecule has 0 bridgehead atoms. The Kier molecular flexibility index (Phi) is 6.73. The van der Waals surface area contributed by atoms with E-state index in [0.717, 1.165) is 38.4 Å². The Bertz CT molecular complexity index is 1180. The number of methoxy groups -OCH3 is 1. The van der Waals surface area contributed by atoms with Gasteiger partial charge in [-0.1, -0.05) is 40.2 Å². The van der Waals surface area contributed by atoms with Gasteiger partial charge in [0.2, 0.25) is 5.89 Å². The summed E-state index contributed by atoms with van der Waals surface area (Å²) < 4.78 is 17.9. The molecule has 7 heteroatoms. The Hall–Kier alpha value is -2.64. The quantitative estimate of drug-likeness (QED) is 0.221. The molecule has 0 saturated carbocycles. The first-order valence-corrected chi connectivity index (χ1v) is 11.7. The molecule has 1 atom stereocenters. The molecule has 0 amide bonds. The average Bonchev–Trinajstić information content (AvgIpc) is 3.42. The Labute approximate surface area is 193 Å². The van der Waals surface area contributed by atoms with Gasteiger partial charge in [-0.3, -0.25) is 4.79 Å². The average molecular weight is 500 g/mol. The van der Waals surface area contributed by atoms with Crippen molar-refractivity contribution in [3.63, 3.8) is 0 Å². The molecular formula is C24H22BrNO4S. The maximum absolute atomic E-state index is 11.7. The van der Waals surface area contributed by atoms with E-state index in [9.17, 15) is 4.79 Å². The van der Waals surface area contributed by atoms with E-state index in [0.29, 0.717) is 25.3 Å². The normalized spacial score (nSPS) is 12.1. The number of hydrogen-bond acceptors (Lipinski definition) is 6. The highest BCUT2D eigenvalue weighted by atomic mass is 79.9. The van der Waals surface area contributed by atoms with E-state index in [1.54, 1.807) is 11.3 Å². The molecule has 2 aromatic carbocycles. The molecule has 4 rings (SSSR count). The fourth-order valence-corrected chi connectivity index (χ4v) is 4.88. The summed E-state index contributed by atoms with van der Waals surface area (Å²) in [5, 5.41) is 3.09. The van der Waals surface area contributed by atoms with Crippen LogP contribution in [0.5, 0.6) is 5.75 Å². The summed E-state index contributed by atoms with van der Waals surface area (Å²) in [6.07, 6.45) is 1.21. The molecule has 31 heavy (non-hydrogen) atoms. The zero-order valence-electron chi connectivity index (χ0n) is 17.3. The van der Waals surface area contributed by atoms with Crippen LogP contribution in [-0.2, 0) is 22.4 Å². The minimum Gasteiger partial charge on any atom is -0.493 e. The number of carbonyl (C=O) groups excluding carboxylic acids is 1. The lowest BCUT2D eigenvalue weighted by atomic mass is 10.1. The van der Waals surface area contributed by atoms with Gasteiger partial charge < -0.3 is 13.9 Å². The van der Waals surface area contributed by atoms with Gasteiger partial charge in [0.1, 0.15) is 16.3 Å². The van der Waals surface area contributed by atoms with Gasteiger partial charge in [0.15, 0.2) is 0 Å². The van der Waals surface area contributed by atoms with E-state index < -0.39 is 0 Å². The van der Waals surface area contributed by atoms with Crippen molar-refractivity contribution in [3.05, 3.63) is 70.9 Å². The van der Waals surface area contributed by atoms with Crippen molar-refractivity contribution >= 4 is 43.3 Å². The molecule has 0 unspecified atom stereocenters. The molecule has 0 aliphatic rings. The lowest BCUT2D eigenvalue weighted by Crippen LogP contribution is -2.18. The minimum absolute atomic E-state index is 0.275. The molecule has 4 aromatic rings. The van der Waals surface area contributed by atoms with Crippen LogP contribution in [0.15, 0.2) is 58.3 Å². The smallest absolute Gasteiger partial charge is 0.319 e. The molecule has 0 aliphatic heterocycles. The van der Waals surface area contributed by atoms with E-state index in [1.807, 2.05) is 54.8 Å². The molecule has 0 aliphatic carbocycles. The highest BCUT2D eigenvalue weighted by molar-refractivity contribution is 9.10. The lowest BCUT2D eigenvalue weighted by molar-refractivity contribution is -0.139. The maximum Gasteiger partial charge on any atom is 0.319 e. The largest absolute Gasteiger partial charge is 0.493 e. The summed E-state index contributed by atoms with van der Waals surface area (Å²) in [5.41, 5.74) is 2.95. The summed E-state index contributed by atoms with van der Waals surface area (Å²) in [6.45, 7) is 2.42. The molecule has 2 heterocycles. The van der Waals surface area contributed by atoms with Gasteiger partial charge in [0, 0.05) is 22.1 Å². The van der Waals surface area contributed by atoms with Crippen LogP contribution in [0.25, 0.3) is 21.5 Å². The summed E-state index contributed by atoms with van der Waals surface area (Å²) in [6, 6.07) is 15.9. The van der Waals surface area contributed by atoms with E-state index in [1.165, 1.54) is 7.11 Å². The van der Waals surface area contributed by atoms with Crippen LogP contribution >= 0.6 is 27.3 Å². The standard InChI is InChI=1S/C24H22BrNO4S/c1-15-20(26-23(30-15)16-6-4-3-5-7-16)10-12-29-21-9-8-17(14-19(25)24(27)28-2)22-18(21)11-13-31-22/h3-9,11,13,19H,10,12,14H2,1-2H3/t19-/m0/s1. The summed E-state index contributed by atoms with van der Waals surface area (Å²) in [7, 11) is 1.40. The van der Waals surface area contributed by atoms with Gasteiger partial charge >= 0.3 is 5.97 Å². The first-order chi connectivity index (χ1) is 15.1. The number of benzene rings is 2. The number of fused-ring (bicyclic) bond motifs is 1. The summed E-state index contributed by atoms with van der Waals surface area (Å²) in [5.74, 6) is 1.99. The van der Waals surface area contributed by atoms with Crippen molar-refractivity contribution in [2.45, 2.75) is 24.6 Å². The van der Waals surface area contributed by atoms with Crippen LogP contribution in [0.3, 0.4) is 0 Å². The third-order valence-electron chi connectivity index (χ3n) is 5.02. The Balaban J connectivity index is 1.45. The molecular weight excluding hydrogens is 478 g/mol. The summed E-state index contributed by atoms with van der Waals surface area (Å²) >= 11 is 5.05. The Morgan fingerprint density at radius 1 is 1.19 bits per heavy atom. The van der Waals surface area contributed by atoms with E-state index in [-0.39, 0.29) is 10.8 Å². The monoisotopic (exact) mass is 499 g/mol. The molecule has 0 saturated heterocycles. The molecule has 0 radical (unpaired) electrons. The first-order valence-electron chi connectivity index (χ1n) is 9.92. The van der Waals surface area contributed by atoms with Gasteiger partial charge in [0.25, 0.3) is 0 Å². The number of thiophene rings is 1. The van der Waals surface area contributed by atoms with E-state index >= 15 is 0 Å². The number of carbonyl (C=O) groups is 1. The number of esters is 1. The van der Waals surface area contributed by atoms with Crippen LogP contribution < -0.4 is 4.74 Å². The summed E-state index contributed by atoms with van der Waals surface area (Å²) in [4.78, 5) is 16.0. The fourth-order valence-electron chi connectivity index (χ4n) is 3.41. The number of halogens is 1. The fraction of sp³-hybridized carbons (Fsp3) is 0.250. The number of rotatable bonds is 8. The molecule has 0 fully saturated rings. The van der Waals surface area contributed by atoms with Gasteiger partial charge in [-0.15, -0.1) is 11.3 Å². The number of aromatic nitrogens is 1. The number of alkyl halides is 1. The van der Waals surface area contributed by atoms with Crippen molar-refractivity contribution in [1.29, 1.82) is 0 Å². The number of aryl methyl sites for hydroxylation is 1. The van der Waals surface area contributed by atoms with Crippen LogP contribution in [0.2, 0.25) is 0 Å². The van der Waals surface area contributed by atoms with Crippen LogP contribution in [0.4, 0.5) is 0 Å². The van der Waals surface area contributed by atoms with Gasteiger partial charge in [0.05, 0.1) is 19.4 Å². The highest BCUT2D eigenvalue weighted by Crippen LogP contribution is 2.34. The van der Waals surface area contributed by atoms with E-state index in [4.69, 9.17) is 13.9 Å². The highest BCUT2D eigenvalue weighted by Gasteiger charge is 2.19. The second-order valence-corrected chi connectivity index (χ2v) is 9.09. The SMILES string of the molecule is COC(=O)[C@@H](Br)Cc1ccc(OCCc2nc(-c3ccccc3)oc2C)c2ccsc12. The second-order valence-electron chi connectivity index (χ2n) is 7.07. The number of nitrogens with zero attached hydrogens (tertiary/aromatic N) is 1. The predicted molar refractivity (Wildman–Crippen MR) is 126 cm³/mol. The number of oxazole rings is 1. The third-order valence-corrected chi connectivity index (χ3v) is 6.71. The number of hydrogen-bond donors (Lipinski definition) is 0. The predicted octanol–water partition coefficient (Wildman–Crippen LogP) is 5.97. The number of ether oxygens (including phenoxy) is 2. The van der Waals surface area contributed by atoms with Crippen molar-refractivity contribution in [2.75, 3.05) is 13.7 Å². The third kappa shape index (κ3) is 4.83. The molecule has 160 valence electrons. The zero-order chi connectivity index (χ0) is 21.8. The van der Waals surface area contributed by atoms with Crippen LogP contribution in [0.1, 0.15) is 17.0 Å². The van der Waals surface area contributed by atoms with Crippen molar-refractivity contribution in [3.8, 4) is 17.2 Å². The topological polar surface area (TPSA) is 61.6 Å². The van der Waals surface area contributed by atoms with Crippen molar-refractivity contribution < 1.29 is 18.7 Å². The Morgan fingerprint density at radius 2 is 2.00 bits per heavy atom. The van der Waals surface area contributed by atoms with Crippen molar-refractivity contribution in [1.82, 2.24) is 4.98 Å². The minimum atomic E-state index is -0.372. The van der Waals surface area contributed by atoms with Crippen molar-refractivity contribution in [2.24, 2.45) is 0 Å². The molecule has 5 nitrogen and oxygen atoms in total. The Morgan fingerprint density at radius 3 is 2.77 bits per heavy atom. The van der Waals surface area contributed by atoms with E-state index in [2.05, 4.69) is 27.0 Å². The van der Waals surface area contributed by atoms with Crippen LogP contribution in [0, 0.1) is 6.92 Å². The lowest BCUT2D eigenvalue weighted by Gasteiger charge is -2.11. The first kappa shape index (κ1) is 21.6.